The van der Waals surface area contributed by atoms with Gasteiger partial charge in [-0.05, 0) is 13.8 Å². The maximum atomic E-state index is 12.9. The molecule has 1 saturated carbocycles. The molecule has 1 aliphatic heterocycles. The highest BCUT2D eigenvalue weighted by molar-refractivity contribution is 5.92. The smallest absolute Gasteiger partial charge is 0.273 e. The lowest BCUT2D eigenvalue weighted by Crippen LogP contribution is -2.61. The molecule has 2 heterocycles. The van der Waals surface area contributed by atoms with Crippen LogP contribution in [-0.4, -0.2) is 56.9 Å². The Morgan fingerprint density at radius 3 is 2.70 bits per heavy atom. The van der Waals surface area contributed by atoms with Crippen LogP contribution in [0.1, 0.15) is 36.8 Å². The summed E-state index contributed by atoms with van der Waals surface area (Å²) in [4.78, 5) is 14.1. The summed E-state index contributed by atoms with van der Waals surface area (Å²) in [5, 5.41) is 10.1. The first kappa shape index (κ1) is 13.4. The van der Waals surface area contributed by atoms with Crippen LogP contribution >= 0.6 is 0 Å². The van der Waals surface area contributed by atoms with Crippen LogP contribution < -0.4 is 5.32 Å². The van der Waals surface area contributed by atoms with E-state index in [-0.39, 0.29) is 24.1 Å². The monoisotopic (exact) mass is 285 g/mol. The summed E-state index contributed by atoms with van der Waals surface area (Å²) in [6.45, 7) is 5.80. The van der Waals surface area contributed by atoms with Crippen molar-refractivity contribution in [1.29, 1.82) is 0 Å². The molecular formula is C12H17F2N5O. The second-order valence-corrected chi connectivity index (χ2v) is 5.78. The average molecular weight is 285 g/mol. The van der Waals surface area contributed by atoms with Gasteiger partial charge in [-0.1, -0.05) is 5.21 Å². The van der Waals surface area contributed by atoms with Gasteiger partial charge in [0.1, 0.15) is 6.04 Å². The molecule has 0 radical (unpaired) electrons. The number of amides is 1. The van der Waals surface area contributed by atoms with Crippen molar-refractivity contribution in [1.82, 2.24) is 25.2 Å². The summed E-state index contributed by atoms with van der Waals surface area (Å²) in [6, 6.07) is -0.393. The topological polar surface area (TPSA) is 63.1 Å². The van der Waals surface area contributed by atoms with E-state index in [9.17, 15) is 13.6 Å². The van der Waals surface area contributed by atoms with Crippen LogP contribution in [-0.2, 0) is 0 Å². The third kappa shape index (κ3) is 2.39. The number of nitrogens with zero attached hydrogens (tertiary/aromatic N) is 4. The van der Waals surface area contributed by atoms with E-state index in [1.54, 1.807) is 0 Å². The Kier molecular flexibility index (Phi) is 3.00. The quantitative estimate of drug-likeness (QED) is 0.883. The number of likely N-dealkylation sites (tertiary alicyclic amines) is 1. The van der Waals surface area contributed by atoms with Crippen LogP contribution in [0, 0.1) is 0 Å². The van der Waals surface area contributed by atoms with Crippen LogP contribution in [0.15, 0.2) is 6.20 Å². The van der Waals surface area contributed by atoms with E-state index in [1.807, 2.05) is 0 Å². The molecule has 0 aromatic carbocycles. The molecule has 1 aliphatic carbocycles. The number of rotatable bonds is 4. The second-order valence-electron chi connectivity index (χ2n) is 5.78. The van der Waals surface area contributed by atoms with Crippen LogP contribution in [0.2, 0.25) is 0 Å². The summed E-state index contributed by atoms with van der Waals surface area (Å²) >= 11 is 0. The summed E-state index contributed by atoms with van der Waals surface area (Å²) in [6.07, 6.45) is 1.06. The molecule has 20 heavy (non-hydrogen) atoms. The van der Waals surface area contributed by atoms with Gasteiger partial charge in [0, 0.05) is 25.6 Å². The van der Waals surface area contributed by atoms with Crippen molar-refractivity contribution in [3.63, 3.8) is 0 Å². The first-order valence-corrected chi connectivity index (χ1v) is 6.71. The van der Waals surface area contributed by atoms with E-state index in [2.05, 4.69) is 34.4 Å². The first-order chi connectivity index (χ1) is 9.37. The lowest BCUT2D eigenvalue weighted by molar-refractivity contribution is 0.0709. The molecule has 2 fully saturated rings. The molecule has 110 valence electrons. The van der Waals surface area contributed by atoms with E-state index in [4.69, 9.17) is 0 Å². The van der Waals surface area contributed by atoms with Gasteiger partial charge in [-0.25, -0.2) is 13.5 Å². The highest BCUT2D eigenvalue weighted by Crippen LogP contribution is 2.51. The fourth-order valence-electron chi connectivity index (χ4n) is 2.30. The molecule has 1 atom stereocenters. The molecule has 3 rings (SSSR count). The third-order valence-corrected chi connectivity index (χ3v) is 3.83. The van der Waals surface area contributed by atoms with Gasteiger partial charge in [0.25, 0.3) is 11.8 Å². The molecular weight excluding hydrogens is 268 g/mol. The van der Waals surface area contributed by atoms with E-state index in [0.717, 1.165) is 17.8 Å². The zero-order valence-electron chi connectivity index (χ0n) is 11.4. The SMILES string of the molecule is CC(C)N1CC(NC(=O)c2cn(C3CC3(F)F)nn2)C1. The number of carbonyl (C=O) groups is 1. The van der Waals surface area contributed by atoms with Gasteiger partial charge in [-0.2, -0.15) is 0 Å². The predicted octanol–water partition coefficient (Wildman–Crippen LogP) is 0.681. The molecule has 1 amide bonds. The normalized spacial score (nSPS) is 25.6. The molecule has 6 nitrogen and oxygen atoms in total. The Balaban J connectivity index is 1.54. The summed E-state index contributed by atoms with van der Waals surface area (Å²) in [7, 11) is 0. The van der Waals surface area contributed by atoms with Gasteiger partial charge in [0.15, 0.2) is 5.69 Å². The summed E-state index contributed by atoms with van der Waals surface area (Å²) in [5.41, 5.74) is 0.0932. The van der Waals surface area contributed by atoms with E-state index in [1.165, 1.54) is 6.20 Å². The number of hydrogen-bond donors (Lipinski definition) is 1. The Morgan fingerprint density at radius 1 is 1.50 bits per heavy atom. The van der Waals surface area contributed by atoms with E-state index < -0.39 is 12.0 Å². The number of alkyl halides is 2. The van der Waals surface area contributed by atoms with Crippen LogP contribution in [0.4, 0.5) is 8.78 Å². The molecule has 1 unspecified atom stereocenters. The van der Waals surface area contributed by atoms with Crippen molar-refractivity contribution < 1.29 is 13.6 Å². The maximum absolute atomic E-state index is 12.9. The van der Waals surface area contributed by atoms with E-state index in [0.29, 0.717) is 6.04 Å². The van der Waals surface area contributed by atoms with Gasteiger partial charge < -0.3 is 5.32 Å². The van der Waals surface area contributed by atoms with Crippen LogP contribution in [0.3, 0.4) is 0 Å². The van der Waals surface area contributed by atoms with Gasteiger partial charge in [-0.15, -0.1) is 5.10 Å². The molecule has 0 spiro atoms. The van der Waals surface area contributed by atoms with Crippen molar-refractivity contribution in [2.45, 2.75) is 44.3 Å². The van der Waals surface area contributed by atoms with Crippen molar-refractivity contribution in [3.05, 3.63) is 11.9 Å². The minimum Gasteiger partial charge on any atom is -0.345 e. The molecule has 1 N–H and O–H groups in total. The van der Waals surface area contributed by atoms with Gasteiger partial charge in [-0.3, -0.25) is 9.69 Å². The zero-order valence-corrected chi connectivity index (χ0v) is 11.4. The number of aromatic nitrogens is 3. The van der Waals surface area contributed by atoms with Crippen molar-refractivity contribution in [2.24, 2.45) is 0 Å². The lowest BCUT2D eigenvalue weighted by Gasteiger charge is -2.42. The second kappa shape index (κ2) is 4.47. The summed E-state index contributed by atoms with van der Waals surface area (Å²) in [5.74, 6) is -3.07. The Labute approximate surface area is 115 Å². The van der Waals surface area contributed by atoms with Crippen molar-refractivity contribution >= 4 is 5.91 Å². The first-order valence-electron chi connectivity index (χ1n) is 6.71. The van der Waals surface area contributed by atoms with Crippen LogP contribution in [0.25, 0.3) is 0 Å². The molecule has 1 aromatic heterocycles. The largest absolute Gasteiger partial charge is 0.345 e. The van der Waals surface area contributed by atoms with Gasteiger partial charge in [0.2, 0.25) is 0 Å². The molecule has 1 aromatic rings. The maximum Gasteiger partial charge on any atom is 0.273 e. The number of nitrogens with one attached hydrogen (secondary N) is 1. The van der Waals surface area contributed by atoms with Gasteiger partial charge in [0.05, 0.1) is 12.2 Å². The number of halogens is 2. The Hall–Kier alpha value is -1.57. The minimum atomic E-state index is -2.72. The van der Waals surface area contributed by atoms with E-state index >= 15 is 0 Å². The van der Waals surface area contributed by atoms with Crippen LogP contribution in [0.5, 0.6) is 0 Å². The molecule has 0 bridgehead atoms. The number of carbonyl (C=O) groups excluding carboxylic acids is 1. The standard InChI is InChI=1S/C12H17F2N5O/c1-7(2)18-4-8(5-18)15-11(20)9-6-19(17-16-9)10-3-12(10,13)14/h6-8,10H,3-5H2,1-2H3,(H,15,20). The Morgan fingerprint density at radius 2 is 2.15 bits per heavy atom. The van der Waals surface area contributed by atoms with Crippen molar-refractivity contribution in [3.8, 4) is 0 Å². The molecule has 8 heteroatoms. The highest BCUT2D eigenvalue weighted by Gasteiger charge is 2.59. The lowest BCUT2D eigenvalue weighted by atomic mass is 10.1. The predicted molar refractivity (Wildman–Crippen MR) is 66.6 cm³/mol. The minimum absolute atomic E-state index is 0.0932. The fourth-order valence-corrected chi connectivity index (χ4v) is 2.30. The average Bonchev–Trinajstić information content (AvgIpc) is 2.76. The zero-order chi connectivity index (χ0) is 14.5. The fraction of sp³-hybridized carbons (Fsp3) is 0.750. The van der Waals surface area contributed by atoms with Crippen molar-refractivity contribution in [2.75, 3.05) is 13.1 Å². The molecule has 2 aliphatic rings. The number of hydrogen-bond acceptors (Lipinski definition) is 4. The Bertz CT molecular complexity index is 524. The summed E-state index contributed by atoms with van der Waals surface area (Å²) < 4.78 is 26.9. The highest BCUT2D eigenvalue weighted by atomic mass is 19.3. The molecule has 1 saturated heterocycles. The van der Waals surface area contributed by atoms with Gasteiger partial charge >= 0.3 is 0 Å². The third-order valence-electron chi connectivity index (χ3n) is 3.83.